The maximum atomic E-state index is 11.7. The van der Waals surface area contributed by atoms with E-state index in [0.717, 1.165) is 0 Å². The van der Waals surface area contributed by atoms with Gasteiger partial charge in [-0.05, 0) is 39.0 Å². The molecule has 0 saturated carbocycles. The Morgan fingerprint density at radius 3 is 2.53 bits per heavy atom. The molecule has 0 unspecified atom stereocenters. The summed E-state index contributed by atoms with van der Waals surface area (Å²) in [5.74, 6) is -0.374. The molecule has 19 heavy (non-hydrogen) atoms. The third kappa shape index (κ3) is 5.90. The summed E-state index contributed by atoms with van der Waals surface area (Å²) < 4.78 is 0. The van der Waals surface area contributed by atoms with E-state index in [2.05, 4.69) is 10.6 Å². The number of amides is 2. The summed E-state index contributed by atoms with van der Waals surface area (Å²) in [5, 5.41) is 14.7. The molecule has 1 aromatic carbocycles. The highest BCUT2D eigenvalue weighted by atomic mass is 16.3. The molecule has 1 aromatic rings. The zero-order valence-corrected chi connectivity index (χ0v) is 11.5. The molecule has 0 saturated heterocycles. The van der Waals surface area contributed by atoms with Crippen molar-refractivity contribution >= 4 is 11.8 Å². The van der Waals surface area contributed by atoms with Gasteiger partial charge in [0.05, 0.1) is 0 Å². The fourth-order valence-corrected chi connectivity index (χ4v) is 1.52. The Balaban J connectivity index is 2.37. The van der Waals surface area contributed by atoms with Crippen LogP contribution in [0.5, 0.6) is 5.75 Å². The number of aromatic hydroxyl groups is 1. The average Bonchev–Trinajstić information content (AvgIpc) is 2.26. The van der Waals surface area contributed by atoms with Crippen LogP contribution in [-0.4, -0.2) is 29.0 Å². The number of carbonyl (C=O) groups excluding carboxylic acids is 2. The van der Waals surface area contributed by atoms with Gasteiger partial charge >= 0.3 is 0 Å². The number of nitrogens with one attached hydrogen (secondary N) is 2. The second-order valence-electron chi connectivity index (χ2n) is 5.35. The molecule has 0 heterocycles. The van der Waals surface area contributed by atoms with Crippen LogP contribution >= 0.6 is 0 Å². The molecule has 1 rings (SSSR count). The molecule has 0 aromatic heterocycles. The minimum absolute atomic E-state index is 0.0399. The normalized spacial score (nSPS) is 10.9. The quantitative estimate of drug-likeness (QED) is 0.769. The molecular formula is C14H20N2O3. The van der Waals surface area contributed by atoms with Crippen molar-refractivity contribution in [1.29, 1.82) is 0 Å². The topological polar surface area (TPSA) is 78.4 Å². The van der Waals surface area contributed by atoms with Crippen molar-refractivity contribution in [2.75, 3.05) is 6.54 Å². The third-order valence-electron chi connectivity index (χ3n) is 2.26. The lowest BCUT2D eigenvalue weighted by Crippen LogP contribution is -2.41. The Labute approximate surface area is 113 Å². The number of phenolic OH excluding ortho intramolecular Hbond substituents is 1. The monoisotopic (exact) mass is 264 g/mol. The van der Waals surface area contributed by atoms with E-state index in [-0.39, 0.29) is 36.1 Å². The zero-order chi connectivity index (χ0) is 14.5. The van der Waals surface area contributed by atoms with Crippen LogP contribution in [0.3, 0.4) is 0 Å². The summed E-state index contributed by atoms with van der Waals surface area (Å²) >= 11 is 0. The van der Waals surface area contributed by atoms with Crippen LogP contribution in [0.1, 0.15) is 37.6 Å². The van der Waals surface area contributed by atoms with Crippen LogP contribution in [0.4, 0.5) is 0 Å². The number of hydrogen-bond donors (Lipinski definition) is 3. The van der Waals surface area contributed by atoms with Crippen molar-refractivity contribution in [3.63, 3.8) is 0 Å². The van der Waals surface area contributed by atoms with E-state index in [1.807, 2.05) is 20.8 Å². The number of benzene rings is 1. The van der Waals surface area contributed by atoms with E-state index >= 15 is 0 Å². The van der Waals surface area contributed by atoms with Gasteiger partial charge in [-0.2, -0.15) is 0 Å². The van der Waals surface area contributed by atoms with Gasteiger partial charge in [-0.1, -0.05) is 6.07 Å². The van der Waals surface area contributed by atoms with E-state index in [0.29, 0.717) is 5.56 Å². The molecular weight excluding hydrogens is 244 g/mol. The van der Waals surface area contributed by atoms with Crippen LogP contribution < -0.4 is 10.6 Å². The maximum absolute atomic E-state index is 11.7. The second kappa shape index (κ2) is 6.22. The summed E-state index contributed by atoms with van der Waals surface area (Å²) in [6, 6.07) is 6.07. The Bertz CT molecular complexity index is 464. The second-order valence-corrected chi connectivity index (χ2v) is 5.35. The third-order valence-corrected chi connectivity index (χ3v) is 2.26. The first-order chi connectivity index (χ1) is 8.78. The van der Waals surface area contributed by atoms with Gasteiger partial charge < -0.3 is 15.7 Å². The molecule has 2 amide bonds. The molecule has 3 N–H and O–H groups in total. The standard InChI is InChI=1S/C14H20N2O3/c1-14(2,3)16-12(18)7-8-15-13(19)10-5-4-6-11(17)9-10/h4-6,9,17H,7-8H2,1-3H3,(H,15,19)(H,16,18). The highest BCUT2D eigenvalue weighted by Gasteiger charge is 2.13. The summed E-state index contributed by atoms with van der Waals surface area (Å²) in [6.45, 7) is 5.96. The van der Waals surface area contributed by atoms with E-state index in [9.17, 15) is 14.7 Å². The lowest BCUT2D eigenvalue weighted by atomic mass is 10.1. The Morgan fingerprint density at radius 2 is 1.95 bits per heavy atom. The number of hydrogen-bond acceptors (Lipinski definition) is 3. The van der Waals surface area contributed by atoms with Crippen LogP contribution in [0.25, 0.3) is 0 Å². The molecule has 0 aliphatic heterocycles. The van der Waals surface area contributed by atoms with Gasteiger partial charge in [-0.3, -0.25) is 9.59 Å². The number of rotatable bonds is 4. The van der Waals surface area contributed by atoms with Gasteiger partial charge in [0, 0.05) is 24.1 Å². The predicted octanol–water partition coefficient (Wildman–Crippen LogP) is 1.43. The molecule has 104 valence electrons. The molecule has 0 aliphatic carbocycles. The van der Waals surface area contributed by atoms with Crippen molar-refractivity contribution in [2.24, 2.45) is 0 Å². The molecule has 0 radical (unpaired) electrons. The lowest BCUT2D eigenvalue weighted by molar-refractivity contribution is -0.122. The zero-order valence-electron chi connectivity index (χ0n) is 11.5. The first kappa shape index (κ1) is 15.0. The number of phenols is 1. The van der Waals surface area contributed by atoms with Gasteiger partial charge in [-0.15, -0.1) is 0 Å². The predicted molar refractivity (Wildman–Crippen MR) is 73.0 cm³/mol. The van der Waals surface area contributed by atoms with Gasteiger partial charge in [0.25, 0.3) is 5.91 Å². The summed E-state index contributed by atoms with van der Waals surface area (Å²) in [7, 11) is 0. The lowest BCUT2D eigenvalue weighted by Gasteiger charge is -2.20. The van der Waals surface area contributed by atoms with Crippen molar-refractivity contribution in [1.82, 2.24) is 10.6 Å². The average molecular weight is 264 g/mol. The minimum Gasteiger partial charge on any atom is -0.508 e. The minimum atomic E-state index is -0.306. The van der Waals surface area contributed by atoms with Crippen molar-refractivity contribution in [3.05, 3.63) is 29.8 Å². The Morgan fingerprint density at radius 1 is 1.26 bits per heavy atom. The van der Waals surface area contributed by atoms with Crippen molar-refractivity contribution in [2.45, 2.75) is 32.7 Å². The molecule has 5 nitrogen and oxygen atoms in total. The van der Waals surface area contributed by atoms with Gasteiger partial charge in [-0.25, -0.2) is 0 Å². The molecule has 0 atom stereocenters. The fourth-order valence-electron chi connectivity index (χ4n) is 1.52. The largest absolute Gasteiger partial charge is 0.508 e. The number of carbonyl (C=O) groups is 2. The van der Waals surface area contributed by atoms with Crippen LogP contribution in [0, 0.1) is 0 Å². The summed E-state index contributed by atoms with van der Waals surface area (Å²) in [5.41, 5.74) is 0.1000. The first-order valence-electron chi connectivity index (χ1n) is 6.16. The first-order valence-corrected chi connectivity index (χ1v) is 6.16. The highest BCUT2D eigenvalue weighted by molar-refractivity contribution is 5.94. The highest BCUT2D eigenvalue weighted by Crippen LogP contribution is 2.10. The van der Waals surface area contributed by atoms with Gasteiger partial charge in [0.2, 0.25) is 5.91 Å². The van der Waals surface area contributed by atoms with Crippen molar-refractivity contribution in [3.8, 4) is 5.75 Å². The fraction of sp³-hybridized carbons (Fsp3) is 0.429. The Hall–Kier alpha value is -2.04. The molecule has 5 heteroatoms. The molecule has 0 spiro atoms. The van der Waals surface area contributed by atoms with E-state index in [1.165, 1.54) is 12.1 Å². The molecule has 0 aliphatic rings. The smallest absolute Gasteiger partial charge is 0.251 e. The van der Waals surface area contributed by atoms with Gasteiger partial charge in [0.1, 0.15) is 5.75 Å². The molecule has 0 fully saturated rings. The Kier molecular flexibility index (Phi) is 4.92. The van der Waals surface area contributed by atoms with E-state index in [1.54, 1.807) is 12.1 Å². The van der Waals surface area contributed by atoms with E-state index < -0.39 is 0 Å². The summed E-state index contributed by atoms with van der Waals surface area (Å²) in [6.07, 6.45) is 0.224. The van der Waals surface area contributed by atoms with Gasteiger partial charge in [0.15, 0.2) is 0 Å². The SMILES string of the molecule is CC(C)(C)NC(=O)CCNC(=O)c1cccc(O)c1. The maximum Gasteiger partial charge on any atom is 0.251 e. The van der Waals surface area contributed by atoms with Crippen LogP contribution in [0.15, 0.2) is 24.3 Å². The van der Waals surface area contributed by atoms with Crippen LogP contribution in [0.2, 0.25) is 0 Å². The van der Waals surface area contributed by atoms with Crippen molar-refractivity contribution < 1.29 is 14.7 Å². The molecule has 0 bridgehead atoms. The summed E-state index contributed by atoms with van der Waals surface area (Å²) in [4.78, 5) is 23.2. The van der Waals surface area contributed by atoms with Crippen LogP contribution in [-0.2, 0) is 4.79 Å². The van der Waals surface area contributed by atoms with E-state index in [4.69, 9.17) is 0 Å².